The quantitative estimate of drug-likeness (QED) is 0.282. The summed E-state index contributed by atoms with van der Waals surface area (Å²) >= 11 is 0. The summed E-state index contributed by atoms with van der Waals surface area (Å²) < 4.78 is 5.15. The van der Waals surface area contributed by atoms with Gasteiger partial charge in [-0.1, -0.05) is 62.6 Å². The van der Waals surface area contributed by atoms with E-state index >= 15 is 0 Å². The van der Waals surface area contributed by atoms with Gasteiger partial charge in [0.1, 0.15) is 0 Å². The van der Waals surface area contributed by atoms with E-state index in [9.17, 15) is 14.7 Å². The average molecular weight is 425 g/mol. The fourth-order valence-electron chi connectivity index (χ4n) is 3.12. The maximum absolute atomic E-state index is 12.4. The number of amides is 2. The van der Waals surface area contributed by atoms with Crippen LogP contribution in [0, 0.1) is 0 Å². The molecule has 2 amide bonds. The Hall–Kier alpha value is -3.28. The van der Waals surface area contributed by atoms with Gasteiger partial charge in [-0.15, -0.1) is 0 Å². The Morgan fingerprint density at radius 3 is 2.42 bits per heavy atom. The van der Waals surface area contributed by atoms with Crippen LogP contribution in [0.4, 0.5) is 10.5 Å². The van der Waals surface area contributed by atoms with Gasteiger partial charge in [-0.3, -0.25) is 4.90 Å². The van der Waals surface area contributed by atoms with Crippen LogP contribution >= 0.6 is 0 Å². The number of carboxylic acids is 1. The van der Waals surface area contributed by atoms with E-state index in [0.717, 1.165) is 35.2 Å². The molecule has 0 saturated carbocycles. The molecule has 0 aromatic heterocycles. The number of ether oxygens (including phenoxy) is 1. The third-order valence-electron chi connectivity index (χ3n) is 4.90. The number of carbonyl (C=O) groups is 2. The van der Waals surface area contributed by atoms with Crippen LogP contribution in [-0.4, -0.2) is 37.3 Å². The number of carboxylic acid groups (broad SMARTS) is 1. The van der Waals surface area contributed by atoms with Crippen molar-refractivity contribution in [3.05, 3.63) is 59.9 Å². The van der Waals surface area contributed by atoms with Crippen LogP contribution in [0.25, 0.3) is 17.2 Å². The van der Waals surface area contributed by atoms with Crippen LogP contribution in [0.3, 0.4) is 0 Å². The van der Waals surface area contributed by atoms with Gasteiger partial charge in [0.15, 0.2) is 0 Å². The number of nitrogens with zero attached hydrogens (tertiary/aromatic N) is 1. The van der Waals surface area contributed by atoms with Crippen molar-refractivity contribution in [3.8, 4) is 11.1 Å². The highest BCUT2D eigenvalue weighted by atomic mass is 16.5. The summed E-state index contributed by atoms with van der Waals surface area (Å²) in [5.41, 5.74) is 3.49. The number of hydrogen-bond donors (Lipinski definition) is 2. The largest absolute Gasteiger partial charge is 0.487 e. The molecule has 6 nitrogen and oxygen atoms in total. The van der Waals surface area contributed by atoms with E-state index in [0.29, 0.717) is 13.2 Å². The molecule has 2 aromatic rings. The van der Waals surface area contributed by atoms with E-state index in [1.807, 2.05) is 48.5 Å². The molecule has 6 heteroatoms. The highest BCUT2D eigenvalue weighted by Crippen LogP contribution is 2.25. The van der Waals surface area contributed by atoms with Gasteiger partial charge < -0.3 is 15.2 Å². The smallest absolute Gasteiger partial charge is 0.371 e. The van der Waals surface area contributed by atoms with E-state index in [-0.39, 0.29) is 11.8 Å². The van der Waals surface area contributed by atoms with Crippen molar-refractivity contribution in [2.24, 2.45) is 0 Å². The third-order valence-corrected chi connectivity index (χ3v) is 4.90. The Morgan fingerprint density at radius 2 is 1.77 bits per heavy atom. The van der Waals surface area contributed by atoms with Crippen molar-refractivity contribution < 1.29 is 19.4 Å². The zero-order valence-electron chi connectivity index (χ0n) is 18.6. The molecule has 2 N–H and O–H groups in total. The topological polar surface area (TPSA) is 78.9 Å². The second kappa shape index (κ2) is 12.4. The lowest BCUT2D eigenvalue weighted by Crippen LogP contribution is -2.37. The first-order valence-electron chi connectivity index (χ1n) is 10.8. The number of nitrogens with one attached hydrogen (secondary N) is 1. The van der Waals surface area contributed by atoms with Gasteiger partial charge in [-0.25, -0.2) is 9.59 Å². The number of aliphatic carboxylic acids is 1. The Kier molecular flexibility index (Phi) is 9.62. The minimum Gasteiger partial charge on any atom is -0.487 e. The van der Waals surface area contributed by atoms with E-state index in [4.69, 9.17) is 4.74 Å². The Balaban J connectivity index is 2.08. The molecular weight excluding hydrogens is 392 g/mol. The van der Waals surface area contributed by atoms with Crippen molar-refractivity contribution in [2.75, 3.05) is 25.1 Å². The van der Waals surface area contributed by atoms with E-state index < -0.39 is 5.97 Å². The lowest BCUT2D eigenvalue weighted by Gasteiger charge is -2.19. The molecule has 31 heavy (non-hydrogen) atoms. The molecule has 0 aliphatic rings. The van der Waals surface area contributed by atoms with Crippen molar-refractivity contribution in [1.29, 1.82) is 0 Å². The molecule has 0 aliphatic heterocycles. The molecule has 2 aromatic carbocycles. The van der Waals surface area contributed by atoms with Crippen LogP contribution in [0.15, 0.2) is 54.3 Å². The van der Waals surface area contributed by atoms with E-state index in [2.05, 4.69) is 12.2 Å². The molecule has 0 bridgehead atoms. The minimum absolute atomic E-state index is 0.0837. The fourth-order valence-corrected chi connectivity index (χ4v) is 3.12. The molecule has 0 saturated heterocycles. The number of unbranched alkanes of at least 4 members (excludes halogenated alkanes) is 3. The summed E-state index contributed by atoms with van der Waals surface area (Å²) in [5.74, 6) is -1.18. The Bertz CT molecular complexity index is 891. The summed E-state index contributed by atoms with van der Waals surface area (Å²) in [6, 6.07) is 15.2. The first kappa shape index (κ1) is 24.0. The number of hydrogen-bond acceptors (Lipinski definition) is 3. The predicted octanol–water partition coefficient (Wildman–Crippen LogP) is 5.54. The molecule has 0 unspecified atom stereocenters. The molecule has 0 radical (unpaired) electrons. The van der Waals surface area contributed by atoms with Gasteiger partial charge >= 0.3 is 12.0 Å². The first-order chi connectivity index (χ1) is 15.0. The van der Waals surface area contributed by atoms with Crippen molar-refractivity contribution in [2.45, 2.75) is 39.5 Å². The summed E-state index contributed by atoms with van der Waals surface area (Å²) in [5, 5.41) is 12.2. The van der Waals surface area contributed by atoms with Gasteiger partial charge in [0.25, 0.3) is 0 Å². The second-order valence-corrected chi connectivity index (χ2v) is 7.27. The molecule has 0 heterocycles. The zero-order chi connectivity index (χ0) is 22.6. The number of carbonyl (C=O) groups excluding carboxylic acids is 1. The van der Waals surface area contributed by atoms with Crippen LogP contribution in [-0.2, 0) is 9.53 Å². The van der Waals surface area contributed by atoms with Crippen molar-refractivity contribution in [1.82, 2.24) is 5.32 Å². The zero-order valence-corrected chi connectivity index (χ0v) is 18.6. The highest BCUT2D eigenvalue weighted by molar-refractivity contribution is 5.92. The van der Waals surface area contributed by atoms with E-state index in [1.54, 1.807) is 18.9 Å². The van der Waals surface area contributed by atoms with Crippen LogP contribution in [0.2, 0.25) is 0 Å². The summed E-state index contributed by atoms with van der Waals surface area (Å²) in [4.78, 5) is 25.3. The number of benzene rings is 2. The van der Waals surface area contributed by atoms with Gasteiger partial charge in [0, 0.05) is 19.3 Å². The standard InChI is InChI=1S/C25H32N2O4/c1-4-6-7-8-16-26-25(30)27(3)22-11-9-10-21(18-22)20-14-12-19(13-15-20)17-23(24(28)29)31-5-2/h9-15,17-18H,4-8,16H2,1-3H3,(H,26,30)(H,28,29). The second-order valence-electron chi connectivity index (χ2n) is 7.27. The number of rotatable bonds is 11. The molecule has 0 fully saturated rings. The molecule has 0 atom stereocenters. The van der Waals surface area contributed by atoms with E-state index in [1.165, 1.54) is 18.9 Å². The van der Waals surface area contributed by atoms with Crippen molar-refractivity contribution in [3.63, 3.8) is 0 Å². The first-order valence-corrected chi connectivity index (χ1v) is 10.8. The van der Waals surface area contributed by atoms with Crippen LogP contribution in [0.1, 0.15) is 45.1 Å². The third kappa shape index (κ3) is 7.48. The molecule has 0 spiro atoms. The van der Waals surface area contributed by atoms with Gasteiger partial charge in [-0.05, 0) is 48.2 Å². The minimum atomic E-state index is -1.09. The monoisotopic (exact) mass is 424 g/mol. The maximum atomic E-state index is 12.4. The molecule has 0 aliphatic carbocycles. The molecule has 166 valence electrons. The van der Waals surface area contributed by atoms with Gasteiger partial charge in [0.05, 0.1) is 6.61 Å². The lowest BCUT2D eigenvalue weighted by molar-refractivity contribution is -0.136. The van der Waals surface area contributed by atoms with Gasteiger partial charge in [-0.2, -0.15) is 0 Å². The Labute approximate surface area is 184 Å². The summed E-state index contributed by atoms with van der Waals surface area (Å²) in [6.07, 6.45) is 5.97. The SMILES string of the molecule is CCCCCCNC(=O)N(C)c1cccc(-c2ccc(C=C(OCC)C(=O)O)cc2)c1. The maximum Gasteiger partial charge on any atom is 0.371 e. The fraction of sp³-hybridized carbons (Fsp3) is 0.360. The van der Waals surface area contributed by atoms with Gasteiger partial charge in [0.2, 0.25) is 5.76 Å². The normalized spacial score (nSPS) is 11.1. The van der Waals surface area contributed by atoms with Crippen LogP contribution < -0.4 is 10.2 Å². The van der Waals surface area contributed by atoms with Crippen LogP contribution in [0.5, 0.6) is 0 Å². The average Bonchev–Trinajstić information content (AvgIpc) is 2.78. The molecular formula is C25H32N2O4. The number of urea groups is 1. The highest BCUT2D eigenvalue weighted by Gasteiger charge is 2.11. The number of anilines is 1. The summed E-state index contributed by atoms with van der Waals surface area (Å²) in [7, 11) is 1.76. The lowest BCUT2D eigenvalue weighted by atomic mass is 10.0. The Morgan fingerprint density at radius 1 is 1.03 bits per heavy atom. The van der Waals surface area contributed by atoms with Crippen molar-refractivity contribution >= 4 is 23.8 Å². The summed E-state index contributed by atoms with van der Waals surface area (Å²) in [6.45, 7) is 4.88. The predicted molar refractivity (Wildman–Crippen MR) is 125 cm³/mol. The molecule has 2 rings (SSSR count).